The summed E-state index contributed by atoms with van der Waals surface area (Å²) in [4.78, 5) is 7.99. The molecule has 3 N–H and O–H groups in total. The largest absolute Gasteiger partial charge is 0.368 e. The van der Waals surface area contributed by atoms with Gasteiger partial charge in [0.2, 0.25) is 0 Å². The van der Waals surface area contributed by atoms with Crippen LogP contribution in [-0.4, -0.2) is 23.1 Å². The van der Waals surface area contributed by atoms with E-state index in [-0.39, 0.29) is 5.41 Å². The lowest BCUT2D eigenvalue weighted by molar-refractivity contribution is 0.405. The van der Waals surface area contributed by atoms with Crippen LogP contribution in [0.15, 0.2) is 17.0 Å². The van der Waals surface area contributed by atoms with Gasteiger partial charge in [-0.2, -0.15) is 0 Å². The highest BCUT2D eigenvalue weighted by atomic mass is 79.9. The van der Waals surface area contributed by atoms with Crippen molar-refractivity contribution < 1.29 is 0 Å². The molecule has 4 nitrogen and oxygen atoms in total. The van der Waals surface area contributed by atoms with Gasteiger partial charge in [0, 0.05) is 12.7 Å². The van der Waals surface area contributed by atoms with E-state index in [4.69, 9.17) is 5.73 Å². The second kappa shape index (κ2) is 4.70. The monoisotopic (exact) mass is 258 g/mol. The topological polar surface area (TPSA) is 63.8 Å². The molecule has 0 saturated carbocycles. The van der Waals surface area contributed by atoms with Crippen LogP contribution in [0.5, 0.6) is 0 Å². The van der Waals surface area contributed by atoms with Crippen LogP contribution >= 0.6 is 15.9 Å². The van der Waals surface area contributed by atoms with Crippen LogP contribution in [0.2, 0.25) is 0 Å². The second-order valence-electron chi connectivity index (χ2n) is 3.94. The van der Waals surface area contributed by atoms with E-state index in [1.807, 2.05) is 0 Å². The summed E-state index contributed by atoms with van der Waals surface area (Å²) in [5.74, 6) is 0.807. The maximum atomic E-state index is 5.62. The second-order valence-corrected chi connectivity index (χ2v) is 4.80. The number of hydrogen-bond donors (Lipinski definition) is 2. The number of anilines is 1. The molecule has 0 bridgehead atoms. The molecule has 0 saturated heterocycles. The molecular formula is C9H15BrN4. The zero-order chi connectivity index (χ0) is 10.6. The highest BCUT2D eigenvalue weighted by Gasteiger charge is 2.15. The number of hydrogen-bond acceptors (Lipinski definition) is 4. The summed E-state index contributed by atoms with van der Waals surface area (Å²) in [6.45, 7) is 5.64. The quantitative estimate of drug-likeness (QED) is 0.862. The van der Waals surface area contributed by atoms with Crippen LogP contribution in [0, 0.1) is 5.41 Å². The van der Waals surface area contributed by atoms with Crippen molar-refractivity contribution in [2.45, 2.75) is 13.8 Å². The van der Waals surface area contributed by atoms with E-state index < -0.39 is 0 Å². The molecule has 1 aromatic heterocycles. The Balaban J connectivity index is 2.58. The fraction of sp³-hybridized carbons (Fsp3) is 0.556. The van der Waals surface area contributed by atoms with Crippen LogP contribution < -0.4 is 11.1 Å². The molecule has 0 fully saturated rings. The minimum atomic E-state index is 0.0738. The van der Waals surface area contributed by atoms with Crippen molar-refractivity contribution in [1.29, 1.82) is 0 Å². The molecule has 0 atom stereocenters. The molecule has 0 radical (unpaired) electrons. The summed E-state index contributed by atoms with van der Waals surface area (Å²) in [7, 11) is 0. The number of rotatable bonds is 4. The van der Waals surface area contributed by atoms with Crippen molar-refractivity contribution in [3.05, 3.63) is 17.0 Å². The maximum absolute atomic E-state index is 5.62. The van der Waals surface area contributed by atoms with Crippen molar-refractivity contribution in [1.82, 2.24) is 9.97 Å². The first-order valence-corrected chi connectivity index (χ1v) is 5.24. The first-order chi connectivity index (χ1) is 6.55. The minimum Gasteiger partial charge on any atom is -0.368 e. The highest BCUT2D eigenvalue weighted by molar-refractivity contribution is 9.10. The van der Waals surface area contributed by atoms with E-state index in [0.29, 0.717) is 6.54 Å². The van der Waals surface area contributed by atoms with Gasteiger partial charge in [0.25, 0.3) is 0 Å². The van der Waals surface area contributed by atoms with Gasteiger partial charge in [0.05, 0.1) is 4.47 Å². The lowest BCUT2D eigenvalue weighted by Gasteiger charge is -2.23. The summed E-state index contributed by atoms with van der Waals surface area (Å²) in [5.41, 5.74) is 5.70. The molecule has 0 unspecified atom stereocenters. The van der Waals surface area contributed by atoms with Crippen LogP contribution in [0.1, 0.15) is 13.8 Å². The van der Waals surface area contributed by atoms with Crippen molar-refractivity contribution >= 4 is 21.7 Å². The van der Waals surface area contributed by atoms with E-state index in [1.165, 1.54) is 6.33 Å². The van der Waals surface area contributed by atoms with Crippen molar-refractivity contribution in [3.63, 3.8) is 0 Å². The molecule has 1 rings (SSSR count). The van der Waals surface area contributed by atoms with Crippen molar-refractivity contribution in [2.24, 2.45) is 11.1 Å². The molecule has 0 amide bonds. The van der Waals surface area contributed by atoms with Crippen LogP contribution in [-0.2, 0) is 0 Å². The Kier molecular flexibility index (Phi) is 3.83. The average Bonchev–Trinajstić information content (AvgIpc) is 2.17. The van der Waals surface area contributed by atoms with Crippen LogP contribution in [0.4, 0.5) is 5.82 Å². The number of nitrogens with one attached hydrogen (secondary N) is 1. The van der Waals surface area contributed by atoms with Crippen molar-refractivity contribution in [2.75, 3.05) is 18.4 Å². The first-order valence-electron chi connectivity index (χ1n) is 4.44. The summed E-state index contributed by atoms with van der Waals surface area (Å²) in [5, 5.41) is 3.23. The molecule has 1 heterocycles. The molecule has 0 aliphatic rings. The Morgan fingerprint density at radius 1 is 1.57 bits per heavy atom. The Morgan fingerprint density at radius 3 is 2.86 bits per heavy atom. The lowest BCUT2D eigenvalue weighted by Crippen LogP contribution is -2.31. The smallest absolute Gasteiger partial charge is 0.143 e. The third-order valence-corrected chi connectivity index (χ3v) is 2.53. The average molecular weight is 259 g/mol. The Bertz CT molecular complexity index is 301. The highest BCUT2D eigenvalue weighted by Crippen LogP contribution is 2.19. The van der Waals surface area contributed by atoms with Gasteiger partial charge in [-0.3, -0.25) is 0 Å². The standard InChI is InChI=1S/C9H15BrN4/c1-9(2,4-11)5-13-8-7(10)3-12-6-14-8/h3,6H,4-5,11H2,1-2H3,(H,12,13,14). The molecule has 0 spiro atoms. The van der Waals surface area contributed by atoms with Gasteiger partial charge in [-0.05, 0) is 27.9 Å². The van der Waals surface area contributed by atoms with E-state index in [2.05, 4.69) is 45.1 Å². The van der Waals surface area contributed by atoms with Gasteiger partial charge in [-0.25, -0.2) is 9.97 Å². The predicted octanol–water partition coefficient (Wildman–Crippen LogP) is 1.64. The third kappa shape index (κ3) is 3.23. The first kappa shape index (κ1) is 11.4. The minimum absolute atomic E-state index is 0.0738. The van der Waals surface area contributed by atoms with E-state index in [0.717, 1.165) is 16.8 Å². The Hall–Kier alpha value is -0.680. The summed E-state index contributed by atoms with van der Waals surface area (Å²) in [6.07, 6.45) is 3.23. The number of aromatic nitrogens is 2. The summed E-state index contributed by atoms with van der Waals surface area (Å²) < 4.78 is 0.868. The van der Waals surface area contributed by atoms with Crippen LogP contribution in [0.3, 0.4) is 0 Å². The molecule has 0 aromatic carbocycles. The molecule has 0 aliphatic heterocycles. The zero-order valence-electron chi connectivity index (χ0n) is 8.42. The molecule has 14 heavy (non-hydrogen) atoms. The van der Waals surface area contributed by atoms with E-state index in [1.54, 1.807) is 6.20 Å². The van der Waals surface area contributed by atoms with E-state index in [9.17, 15) is 0 Å². The Morgan fingerprint density at radius 2 is 2.29 bits per heavy atom. The fourth-order valence-electron chi connectivity index (χ4n) is 0.838. The molecule has 5 heteroatoms. The third-order valence-electron chi connectivity index (χ3n) is 1.95. The normalized spacial score (nSPS) is 11.4. The maximum Gasteiger partial charge on any atom is 0.143 e. The lowest BCUT2D eigenvalue weighted by atomic mass is 9.94. The molecule has 78 valence electrons. The zero-order valence-corrected chi connectivity index (χ0v) is 10.0. The van der Waals surface area contributed by atoms with Crippen LogP contribution in [0.25, 0.3) is 0 Å². The number of nitrogens with zero attached hydrogens (tertiary/aromatic N) is 2. The summed E-state index contributed by atoms with van der Waals surface area (Å²) in [6, 6.07) is 0. The SMILES string of the molecule is CC(C)(CN)CNc1ncncc1Br. The number of halogens is 1. The van der Waals surface area contributed by atoms with Crippen molar-refractivity contribution in [3.8, 4) is 0 Å². The fourth-order valence-corrected chi connectivity index (χ4v) is 1.20. The van der Waals surface area contributed by atoms with Gasteiger partial charge in [-0.15, -0.1) is 0 Å². The summed E-state index contributed by atoms with van der Waals surface area (Å²) >= 11 is 3.37. The van der Waals surface area contributed by atoms with Gasteiger partial charge in [0.15, 0.2) is 0 Å². The predicted molar refractivity (Wildman–Crippen MR) is 61.1 cm³/mol. The van der Waals surface area contributed by atoms with Gasteiger partial charge in [0.1, 0.15) is 12.1 Å². The molecule has 1 aromatic rings. The molecular weight excluding hydrogens is 244 g/mol. The van der Waals surface area contributed by atoms with E-state index >= 15 is 0 Å². The Labute approximate surface area is 92.5 Å². The molecule has 0 aliphatic carbocycles. The van der Waals surface area contributed by atoms with Gasteiger partial charge >= 0.3 is 0 Å². The number of nitrogens with two attached hydrogens (primary N) is 1. The van der Waals surface area contributed by atoms with Gasteiger partial charge < -0.3 is 11.1 Å². The van der Waals surface area contributed by atoms with Gasteiger partial charge in [-0.1, -0.05) is 13.8 Å².